The number of hydrogen-bond donors (Lipinski definition) is 1. The quantitative estimate of drug-likeness (QED) is 0.741. The van der Waals surface area contributed by atoms with Crippen molar-refractivity contribution in [1.82, 2.24) is 20.2 Å². The molecule has 0 fully saturated rings. The maximum atomic E-state index is 10.4. The first kappa shape index (κ1) is 9.11. The number of nitrogens with zero attached hydrogens (tertiary/aromatic N) is 4. The van der Waals surface area contributed by atoms with Crippen molar-refractivity contribution in [2.45, 2.75) is 32.2 Å². The van der Waals surface area contributed by atoms with Gasteiger partial charge in [0.1, 0.15) is 0 Å². The number of hydrogen-bond acceptors (Lipinski definition) is 4. The van der Waals surface area contributed by atoms with E-state index in [2.05, 4.69) is 15.5 Å². The molecule has 0 aromatic carbocycles. The molecule has 14 heavy (non-hydrogen) atoms. The predicted molar refractivity (Wildman–Crippen MR) is 46.5 cm³/mol. The monoisotopic (exact) mass is 196 g/mol. The second kappa shape index (κ2) is 3.73. The summed E-state index contributed by atoms with van der Waals surface area (Å²) in [4.78, 5) is 10.4. The van der Waals surface area contributed by atoms with Crippen LogP contribution in [0.4, 0.5) is 0 Å². The molecule has 0 aliphatic carbocycles. The van der Waals surface area contributed by atoms with Crippen molar-refractivity contribution in [3.63, 3.8) is 0 Å². The van der Waals surface area contributed by atoms with Gasteiger partial charge in [0.25, 0.3) is 0 Å². The number of carboxylic acids is 1. The Morgan fingerprint density at radius 3 is 3.29 bits per heavy atom. The summed E-state index contributed by atoms with van der Waals surface area (Å²) >= 11 is 0. The van der Waals surface area contributed by atoms with Crippen molar-refractivity contribution in [3.05, 3.63) is 5.82 Å². The first-order valence-corrected chi connectivity index (χ1v) is 4.72. The normalized spacial score (nSPS) is 20.4. The summed E-state index contributed by atoms with van der Waals surface area (Å²) < 4.78 is 1.77. The molecule has 76 valence electrons. The summed E-state index contributed by atoms with van der Waals surface area (Å²) in [6.07, 6.45) is 2.81. The number of carboxylic acid groups (broad SMARTS) is 1. The van der Waals surface area contributed by atoms with Crippen LogP contribution in [0, 0.1) is 5.92 Å². The highest BCUT2D eigenvalue weighted by atomic mass is 16.4. The summed E-state index contributed by atoms with van der Waals surface area (Å²) in [7, 11) is 0. The smallest absolute Gasteiger partial charge is 0.303 e. The van der Waals surface area contributed by atoms with Gasteiger partial charge in [-0.3, -0.25) is 4.79 Å². The van der Waals surface area contributed by atoms with Gasteiger partial charge in [-0.1, -0.05) is 0 Å². The molecular formula is C8H12N4O2. The Kier molecular flexibility index (Phi) is 2.43. The van der Waals surface area contributed by atoms with E-state index in [9.17, 15) is 4.79 Å². The third-order valence-electron chi connectivity index (χ3n) is 2.58. The summed E-state index contributed by atoms with van der Waals surface area (Å²) in [5, 5.41) is 19.8. The van der Waals surface area contributed by atoms with Crippen molar-refractivity contribution in [1.29, 1.82) is 0 Å². The summed E-state index contributed by atoms with van der Waals surface area (Å²) in [6, 6.07) is 0. The molecule has 0 spiro atoms. The van der Waals surface area contributed by atoms with Gasteiger partial charge in [0.05, 0.1) is 0 Å². The van der Waals surface area contributed by atoms with E-state index >= 15 is 0 Å². The second-order valence-corrected chi connectivity index (χ2v) is 3.61. The van der Waals surface area contributed by atoms with Crippen molar-refractivity contribution >= 4 is 5.97 Å². The van der Waals surface area contributed by atoms with Gasteiger partial charge in [-0.05, 0) is 29.2 Å². The molecule has 1 aliphatic heterocycles. The van der Waals surface area contributed by atoms with Crippen molar-refractivity contribution in [2.24, 2.45) is 5.92 Å². The zero-order valence-electron chi connectivity index (χ0n) is 7.76. The molecule has 0 radical (unpaired) electrons. The van der Waals surface area contributed by atoms with Gasteiger partial charge in [-0.15, -0.1) is 5.10 Å². The van der Waals surface area contributed by atoms with Crippen molar-refractivity contribution in [3.8, 4) is 0 Å². The van der Waals surface area contributed by atoms with Crippen LogP contribution >= 0.6 is 0 Å². The van der Waals surface area contributed by atoms with Gasteiger partial charge in [0.15, 0.2) is 5.82 Å². The number of fused-ring (bicyclic) bond motifs is 1. The summed E-state index contributed by atoms with van der Waals surface area (Å²) in [5.41, 5.74) is 0. The van der Waals surface area contributed by atoms with Crippen molar-refractivity contribution in [2.75, 3.05) is 0 Å². The zero-order valence-corrected chi connectivity index (χ0v) is 7.76. The van der Waals surface area contributed by atoms with Crippen molar-refractivity contribution < 1.29 is 9.90 Å². The molecule has 6 heteroatoms. The van der Waals surface area contributed by atoms with E-state index in [0.29, 0.717) is 12.3 Å². The molecule has 1 N–H and O–H groups in total. The van der Waals surface area contributed by atoms with Gasteiger partial charge in [0, 0.05) is 19.4 Å². The van der Waals surface area contributed by atoms with Crippen LogP contribution < -0.4 is 0 Å². The number of aryl methyl sites for hydroxylation is 1. The standard InChI is InChI=1S/C8H12N4O2/c13-8(14)4-2-6-1-3-7-9-10-11-12(7)5-6/h6H,1-5H2,(H,13,14). The van der Waals surface area contributed by atoms with Gasteiger partial charge in [-0.2, -0.15) is 0 Å². The minimum Gasteiger partial charge on any atom is -0.481 e. The lowest BCUT2D eigenvalue weighted by Crippen LogP contribution is -2.22. The maximum absolute atomic E-state index is 10.4. The molecule has 1 aliphatic rings. The van der Waals surface area contributed by atoms with E-state index in [-0.39, 0.29) is 6.42 Å². The lowest BCUT2D eigenvalue weighted by Gasteiger charge is -2.20. The minimum absolute atomic E-state index is 0.238. The van der Waals surface area contributed by atoms with Gasteiger partial charge in [0.2, 0.25) is 0 Å². The van der Waals surface area contributed by atoms with Gasteiger partial charge >= 0.3 is 5.97 Å². The molecule has 0 saturated heterocycles. The van der Waals surface area contributed by atoms with E-state index in [1.165, 1.54) is 0 Å². The maximum Gasteiger partial charge on any atom is 0.303 e. The third kappa shape index (κ3) is 1.89. The molecule has 1 atom stereocenters. The van der Waals surface area contributed by atoms with Crippen LogP contribution in [0.5, 0.6) is 0 Å². The predicted octanol–water partition coefficient (Wildman–Crippen LogP) is 0.100. The van der Waals surface area contributed by atoms with E-state index in [0.717, 1.165) is 25.2 Å². The van der Waals surface area contributed by atoms with E-state index < -0.39 is 5.97 Å². The summed E-state index contributed by atoms with van der Waals surface area (Å²) in [6.45, 7) is 0.760. The van der Waals surface area contributed by atoms with Crippen LogP contribution in [-0.4, -0.2) is 31.3 Å². The molecule has 2 heterocycles. The molecule has 0 saturated carbocycles. The molecule has 2 rings (SSSR count). The Bertz CT molecular complexity index is 336. The molecule has 0 amide bonds. The molecule has 1 unspecified atom stereocenters. The minimum atomic E-state index is -0.729. The Morgan fingerprint density at radius 1 is 1.64 bits per heavy atom. The number of carbonyl (C=O) groups is 1. The number of aliphatic carboxylic acids is 1. The summed E-state index contributed by atoms with van der Waals surface area (Å²) in [5.74, 6) is 0.589. The second-order valence-electron chi connectivity index (χ2n) is 3.61. The van der Waals surface area contributed by atoms with E-state index in [1.54, 1.807) is 4.68 Å². The highest BCUT2D eigenvalue weighted by molar-refractivity contribution is 5.66. The van der Waals surface area contributed by atoms with Crippen LogP contribution in [-0.2, 0) is 17.8 Å². The number of rotatable bonds is 3. The van der Waals surface area contributed by atoms with Crippen LogP contribution in [0.15, 0.2) is 0 Å². The van der Waals surface area contributed by atoms with Gasteiger partial charge < -0.3 is 5.11 Å². The van der Waals surface area contributed by atoms with Gasteiger partial charge in [-0.25, -0.2) is 4.68 Å². The molecule has 1 aromatic heterocycles. The largest absolute Gasteiger partial charge is 0.481 e. The lowest BCUT2D eigenvalue weighted by molar-refractivity contribution is -0.137. The van der Waals surface area contributed by atoms with Crippen LogP contribution in [0.1, 0.15) is 25.1 Å². The lowest BCUT2D eigenvalue weighted by atomic mass is 9.95. The Morgan fingerprint density at radius 2 is 2.50 bits per heavy atom. The highest BCUT2D eigenvalue weighted by Gasteiger charge is 2.20. The van der Waals surface area contributed by atoms with Crippen LogP contribution in [0.2, 0.25) is 0 Å². The van der Waals surface area contributed by atoms with E-state index in [1.807, 2.05) is 0 Å². The Hall–Kier alpha value is -1.46. The third-order valence-corrected chi connectivity index (χ3v) is 2.58. The Balaban J connectivity index is 1.91. The first-order chi connectivity index (χ1) is 6.75. The highest BCUT2D eigenvalue weighted by Crippen LogP contribution is 2.21. The number of aromatic nitrogens is 4. The van der Waals surface area contributed by atoms with Crippen LogP contribution in [0.3, 0.4) is 0 Å². The molecule has 1 aromatic rings. The fraction of sp³-hybridized carbons (Fsp3) is 0.750. The van der Waals surface area contributed by atoms with Crippen LogP contribution in [0.25, 0.3) is 0 Å². The Labute approximate surface area is 80.9 Å². The SMILES string of the molecule is O=C(O)CCC1CCc2nnnn2C1. The first-order valence-electron chi connectivity index (χ1n) is 4.72. The van der Waals surface area contributed by atoms with E-state index in [4.69, 9.17) is 5.11 Å². The molecule has 0 bridgehead atoms. The average molecular weight is 196 g/mol. The zero-order chi connectivity index (χ0) is 9.97. The molecular weight excluding hydrogens is 184 g/mol. The fourth-order valence-corrected chi connectivity index (χ4v) is 1.78. The number of tetrazole rings is 1. The average Bonchev–Trinajstić information content (AvgIpc) is 2.61. The fourth-order valence-electron chi connectivity index (χ4n) is 1.78. The topological polar surface area (TPSA) is 80.9 Å². The molecule has 6 nitrogen and oxygen atoms in total.